The predicted molar refractivity (Wildman–Crippen MR) is 91.1 cm³/mol. The van der Waals surface area contributed by atoms with Crippen LogP contribution in [-0.4, -0.2) is 5.11 Å². The van der Waals surface area contributed by atoms with Crippen molar-refractivity contribution in [1.29, 1.82) is 0 Å². The van der Waals surface area contributed by atoms with Crippen LogP contribution in [0.25, 0.3) is 0 Å². The molecule has 0 spiro atoms. The molecule has 0 bridgehead atoms. The maximum atomic E-state index is 10.5. The number of aliphatic hydroxyl groups is 1. The van der Waals surface area contributed by atoms with E-state index in [1.54, 1.807) is 6.92 Å². The zero-order valence-corrected chi connectivity index (χ0v) is 15.0. The van der Waals surface area contributed by atoms with Crippen molar-refractivity contribution in [3.05, 3.63) is 68.6 Å². The van der Waals surface area contributed by atoms with Crippen molar-refractivity contribution < 1.29 is 5.11 Å². The zero-order valence-electron chi connectivity index (χ0n) is 11.8. The lowest BCUT2D eigenvalue weighted by Gasteiger charge is -2.18. The van der Waals surface area contributed by atoms with Crippen LogP contribution < -0.4 is 0 Å². The second kappa shape index (κ2) is 6.81. The van der Waals surface area contributed by atoms with Crippen LogP contribution in [0, 0.1) is 0 Å². The van der Waals surface area contributed by atoms with Crippen molar-refractivity contribution in [2.24, 2.45) is 10.2 Å². The second-order valence-electron chi connectivity index (χ2n) is 4.98. The molecule has 0 aliphatic rings. The van der Waals surface area contributed by atoms with Crippen LogP contribution in [0.15, 0.2) is 67.7 Å². The van der Waals surface area contributed by atoms with E-state index in [2.05, 4.69) is 42.1 Å². The number of halogens is 2. The third kappa shape index (κ3) is 4.46. The highest BCUT2D eigenvalue weighted by atomic mass is 79.9. The van der Waals surface area contributed by atoms with Gasteiger partial charge in [0.15, 0.2) is 5.72 Å². The molecule has 2 rings (SSSR count). The molecule has 2 aromatic rings. The minimum absolute atomic E-state index is 0.124. The summed E-state index contributed by atoms with van der Waals surface area (Å²) in [6, 6.07) is 15.2. The van der Waals surface area contributed by atoms with E-state index in [-0.39, 0.29) is 6.04 Å². The van der Waals surface area contributed by atoms with E-state index >= 15 is 0 Å². The van der Waals surface area contributed by atoms with Gasteiger partial charge in [0.25, 0.3) is 0 Å². The van der Waals surface area contributed by atoms with E-state index < -0.39 is 5.72 Å². The summed E-state index contributed by atoms with van der Waals surface area (Å²) in [4.78, 5) is 0. The van der Waals surface area contributed by atoms with E-state index in [1.165, 1.54) is 0 Å². The van der Waals surface area contributed by atoms with Gasteiger partial charge in [-0.05, 0) is 43.7 Å². The summed E-state index contributed by atoms with van der Waals surface area (Å²) < 4.78 is 1.90. The van der Waals surface area contributed by atoms with Crippen LogP contribution in [0.3, 0.4) is 0 Å². The zero-order chi connectivity index (χ0) is 15.5. The summed E-state index contributed by atoms with van der Waals surface area (Å²) in [7, 11) is 0. The van der Waals surface area contributed by atoms with E-state index in [0.29, 0.717) is 5.56 Å². The molecule has 110 valence electrons. The normalized spacial score (nSPS) is 15.9. The van der Waals surface area contributed by atoms with Gasteiger partial charge in [-0.2, -0.15) is 10.2 Å². The lowest BCUT2D eigenvalue weighted by Crippen LogP contribution is -2.17. The van der Waals surface area contributed by atoms with Gasteiger partial charge in [0.2, 0.25) is 0 Å². The van der Waals surface area contributed by atoms with Gasteiger partial charge in [-0.15, -0.1) is 0 Å². The van der Waals surface area contributed by atoms with Crippen molar-refractivity contribution in [2.75, 3.05) is 0 Å². The fraction of sp³-hybridized carbons (Fsp3) is 0.250. The molecule has 0 aliphatic heterocycles. The lowest BCUT2D eigenvalue weighted by molar-refractivity contribution is 0.0572. The Bertz CT molecular complexity index is 656. The number of azo groups is 1. The van der Waals surface area contributed by atoms with E-state index in [4.69, 9.17) is 0 Å². The Kier molecular flexibility index (Phi) is 5.30. The van der Waals surface area contributed by atoms with Gasteiger partial charge in [0, 0.05) is 14.5 Å². The Morgan fingerprint density at radius 2 is 1.67 bits per heavy atom. The number of benzene rings is 2. The van der Waals surface area contributed by atoms with Gasteiger partial charge in [-0.25, -0.2) is 0 Å². The van der Waals surface area contributed by atoms with E-state index in [9.17, 15) is 5.11 Å². The van der Waals surface area contributed by atoms with Crippen molar-refractivity contribution in [3.8, 4) is 0 Å². The standard InChI is InChI=1S/C16H16Br2N2O/c1-11(12-5-3-7-14(17)9-12)19-20-16(2,21)13-6-4-8-15(18)10-13/h3-11,21H,1-2H3. The molecule has 2 aromatic carbocycles. The molecule has 1 N–H and O–H groups in total. The lowest BCUT2D eigenvalue weighted by atomic mass is 10.1. The van der Waals surface area contributed by atoms with Crippen LogP contribution in [0.5, 0.6) is 0 Å². The van der Waals surface area contributed by atoms with Gasteiger partial charge < -0.3 is 5.11 Å². The molecule has 2 unspecified atom stereocenters. The summed E-state index contributed by atoms with van der Waals surface area (Å²) in [5.74, 6) is 0. The van der Waals surface area contributed by atoms with Crippen LogP contribution >= 0.6 is 31.9 Å². The van der Waals surface area contributed by atoms with Crippen molar-refractivity contribution >= 4 is 31.9 Å². The highest BCUT2D eigenvalue weighted by molar-refractivity contribution is 9.10. The summed E-state index contributed by atoms with van der Waals surface area (Å²) >= 11 is 6.83. The first-order chi connectivity index (χ1) is 9.88. The average molecular weight is 412 g/mol. The first-order valence-electron chi connectivity index (χ1n) is 6.54. The molecule has 0 aromatic heterocycles. The molecule has 0 radical (unpaired) electrons. The van der Waals surface area contributed by atoms with Crippen LogP contribution in [0.1, 0.15) is 31.0 Å². The smallest absolute Gasteiger partial charge is 0.199 e. The Labute approximate surface area is 141 Å². The minimum Gasteiger partial charge on any atom is -0.364 e. The molecule has 2 atom stereocenters. The monoisotopic (exact) mass is 410 g/mol. The highest BCUT2D eigenvalue weighted by Gasteiger charge is 2.22. The third-order valence-corrected chi connectivity index (χ3v) is 4.11. The summed E-state index contributed by atoms with van der Waals surface area (Å²) in [6.07, 6.45) is 0. The molecule has 5 heteroatoms. The fourth-order valence-electron chi connectivity index (χ4n) is 1.87. The molecule has 0 amide bonds. The van der Waals surface area contributed by atoms with Gasteiger partial charge in [-0.1, -0.05) is 56.1 Å². The van der Waals surface area contributed by atoms with Gasteiger partial charge >= 0.3 is 0 Å². The number of hydrogen-bond acceptors (Lipinski definition) is 3. The van der Waals surface area contributed by atoms with Crippen molar-refractivity contribution in [2.45, 2.75) is 25.6 Å². The Hall–Kier alpha value is -1.04. The topological polar surface area (TPSA) is 45.0 Å². The Morgan fingerprint density at radius 3 is 2.29 bits per heavy atom. The molecule has 0 aliphatic carbocycles. The fourth-order valence-corrected chi connectivity index (χ4v) is 2.69. The van der Waals surface area contributed by atoms with Crippen LogP contribution in [-0.2, 0) is 5.72 Å². The van der Waals surface area contributed by atoms with Gasteiger partial charge in [0.1, 0.15) is 0 Å². The molecule has 21 heavy (non-hydrogen) atoms. The minimum atomic E-state index is -1.34. The maximum Gasteiger partial charge on any atom is 0.199 e. The SMILES string of the molecule is CC(N=NC(C)(O)c1cccc(Br)c1)c1cccc(Br)c1. The van der Waals surface area contributed by atoms with Gasteiger partial charge in [0.05, 0.1) is 6.04 Å². The summed E-state index contributed by atoms with van der Waals surface area (Å²) in [5, 5.41) is 18.8. The van der Waals surface area contributed by atoms with Crippen LogP contribution in [0.2, 0.25) is 0 Å². The van der Waals surface area contributed by atoms with Crippen molar-refractivity contribution in [3.63, 3.8) is 0 Å². The van der Waals surface area contributed by atoms with Crippen LogP contribution in [0.4, 0.5) is 0 Å². The predicted octanol–water partition coefficient (Wildman–Crippen LogP) is 5.59. The molecular formula is C16H16Br2N2O. The first kappa shape index (κ1) is 16.3. The number of rotatable bonds is 4. The molecule has 3 nitrogen and oxygen atoms in total. The number of nitrogens with zero attached hydrogens (tertiary/aromatic N) is 2. The maximum absolute atomic E-state index is 10.5. The highest BCUT2D eigenvalue weighted by Crippen LogP contribution is 2.28. The van der Waals surface area contributed by atoms with E-state index in [0.717, 1.165) is 14.5 Å². The largest absolute Gasteiger partial charge is 0.364 e. The first-order valence-corrected chi connectivity index (χ1v) is 8.13. The summed E-state index contributed by atoms with van der Waals surface area (Å²) in [5.41, 5.74) is 0.393. The third-order valence-electron chi connectivity index (χ3n) is 3.13. The Morgan fingerprint density at radius 1 is 1.05 bits per heavy atom. The second-order valence-corrected chi connectivity index (χ2v) is 6.81. The Balaban J connectivity index is 2.19. The summed E-state index contributed by atoms with van der Waals surface area (Å²) in [6.45, 7) is 3.58. The van der Waals surface area contributed by atoms with Crippen molar-refractivity contribution in [1.82, 2.24) is 0 Å². The van der Waals surface area contributed by atoms with E-state index in [1.807, 2.05) is 55.5 Å². The average Bonchev–Trinajstić information content (AvgIpc) is 2.45. The molecule has 0 fully saturated rings. The molecular weight excluding hydrogens is 396 g/mol. The molecule has 0 saturated heterocycles. The quantitative estimate of drug-likeness (QED) is 0.654. The van der Waals surface area contributed by atoms with Gasteiger partial charge in [-0.3, -0.25) is 0 Å². The molecule has 0 heterocycles. The number of hydrogen-bond donors (Lipinski definition) is 1. The molecule has 0 saturated carbocycles.